The van der Waals surface area contributed by atoms with Crippen molar-refractivity contribution < 1.29 is 13.6 Å². The van der Waals surface area contributed by atoms with Crippen molar-refractivity contribution in [3.05, 3.63) is 111 Å². The summed E-state index contributed by atoms with van der Waals surface area (Å²) in [6.07, 6.45) is 2.41. The molecule has 0 spiro atoms. The largest absolute Gasteiger partial charge is 0.289 e. The Balaban J connectivity index is 2.21. The van der Waals surface area contributed by atoms with E-state index in [1.165, 1.54) is 30.3 Å². The first-order chi connectivity index (χ1) is 14.4. The highest BCUT2D eigenvalue weighted by molar-refractivity contribution is 6.31. The van der Waals surface area contributed by atoms with Gasteiger partial charge in [0.2, 0.25) is 5.69 Å². The van der Waals surface area contributed by atoms with E-state index in [4.69, 9.17) is 18.4 Å². The zero-order valence-corrected chi connectivity index (χ0v) is 15.1. The average Bonchev–Trinajstić information content (AvgIpc) is 2.75. The Bertz CT molecular complexity index is 1350. The zero-order chi connectivity index (χ0) is 21.8. The van der Waals surface area contributed by atoms with Crippen LogP contribution in [0.5, 0.6) is 0 Å². The predicted molar refractivity (Wildman–Crippen MR) is 104 cm³/mol. The first-order valence-electron chi connectivity index (χ1n) is 8.30. The lowest BCUT2D eigenvalue weighted by atomic mass is 9.85. The molecule has 0 amide bonds. The molecule has 5 nitrogen and oxygen atoms in total. The summed E-state index contributed by atoms with van der Waals surface area (Å²) in [4.78, 5) is 18.9. The molecule has 0 saturated carbocycles. The van der Waals surface area contributed by atoms with Crippen LogP contribution in [0.1, 0.15) is 16.7 Å². The van der Waals surface area contributed by atoms with Crippen LogP contribution >= 0.6 is 0 Å². The van der Waals surface area contributed by atoms with Gasteiger partial charge in [0.1, 0.15) is 17.7 Å². The minimum absolute atomic E-state index is 0.0229. The van der Waals surface area contributed by atoms with E-state index in [2.05, 4.69) is 9.69 Å². The molecule has 1 aliphatic rings. The van der Waals surface area contributed by atoms with Gasteiger partial charge < -0.3 is 0 Å². The predicted octanol–water partition coefficient (Wildman–Crippen LogP) is 5.13. The molecular weight excluding hydrogens is 386 g/mol. The van der Waals surface area contributed by atoms with Crippen LogP contribution in [0.4, 0.5) is 14.5 Å². The van der Waals surface area contributed by atoms with E-state index in [0.717, 1.165) is 18.2 Å². The Morgan fingerprint density at radius 2 is 1.60 bits per heavy atom. The van der Waals surface area contributed by atoms with E-state index in [0.29, 0.717) is 0 Å². The maximum Gasteiger partial charge on any atom is 0.269 e. The molecular formula is C23H8F2N4O. The smallest absolute Gasteiger partial charge is 0.269 e. The molecule has 0 radical (unpaired) electrons. The quantitative estimate of drug-likeness (QED) is 0.523. The lowest BCUT2D eigenvalue weighted by Gasteiger charge is -2.18. The number of carbonyl (C=O) groups excluding carboxylic acids is 1. The number of rotatable bonds is 2. The number of benzene rings is 2. The Morgan fingerprint density at radius 1 is 0.933 bits per heavy atom. The third kappa shape index (κ3) is 3.48. The first-order valence-corrected chi connectivity index (χ1v) is 8.30. The van der Waals surface area contributed by atoms with Crippen molar-refractivity contribution in [2.45, 2.75) is 0 Å². The SMILES string of the molecule is [C-]#[N+]/C(C#N)=C1\C=C(c2ccc([N+]#[C-])c(F)c2)C(=O)C=C1c1ccc(C#N)c(F)c1. The normalized spacial score (nSPS) is 14.4. The van der Waals surface area contributed by atoms with Gasteiger partial charge in [-0.1, -0.05) is 24.3 Å². The van der Waals surface area contributed by atoms with Gasteiger partial charge in [-0.15, -0.1) is 0 Å². The number of hydrogen-bond acceptors (Lipinski definition) is 3. The fourth-order valence-electron chi connectivity index (χ4n) is 2.92. The van der Waals surface area contributed by atoms with E-state index in [-0.39, 0.29) is 44.8 Å². The van der Waals surface area contributed by atoms with E-state index in [9.17, 15) is 18.8 Å². The fourth-order valence-corrected chi connectivity index (χ4v) is 2.92. The second-order valence-corrected chi connectivity index (χ2v) is 6.05. The monoisotopic (exact) mass is 394 g/mol. The second-order valence-electron chi connectivity index (χ2n) is 6.05. The molecule has 0 fully saturated rings. The van der Waals surface area contributed by atoms with Gasteiger partial charge in [-0.3, -0.25) is 4.79 Å². The van der Waals surface area contributed by atoms with Crippen LogP contribution in [0.2, 0.25) is 0 Å². The number of nitrogens with zero attached hydrogens (tertiary/aromatic N) is 4. The summed E-state index contributed by atoms with van der Waals surface area (Å²) < 4.78 is 28.1. The first kappa shape index (κ1) is 19.9. The number of nitriles is 2. The number of allylic oxidation sites excluding steroid dienone is 6. The van der Waals surface area contributed by atoms with Crippen molar-refractivity contribution in [1.82, 2.24) is 0 Å². The summed E-state index contributed by atoms with van der Waals surface area (Å²) in [5.74, 6) is -2.16. The lowest BCUT2D eigenvalue weighted by Crippen LogP contribution is -2.08. The van der Waals surface area contributed by atoms with Gasteiger partial charge in [0, 0.05) is 11.1 Å². The van der Waals surface area contributed by atoms with E-state index in [1.807, 2.05) is 0 Å². The molecule has 2 aromatic rings. The van der Waals surface area contributed by atoms with Crippen LogP contribution < -0.4 is 0 Å². The van der Waals surface area contributed by atoms with Crippen LogP contribution in [0.15, 0.2) is 59.8 Å². The molecule has 1 aliphatic carbocycles. The Morgan fingerprint density at radius 3 is 2.17 bits per heavy atom. The average molecular weight is 394 g/mol. The van der Waals surface area contributed by atoms with E-state index < -0.39 is 17.4 Å². The highest BCUT2D eigenvalue weighted by Gasteiger charge is 2.24. The Hall–Kier alpha value is -4.85. The summed E-state index contributed by atoms with van der Waals surface area (Å²) in [7, 11) is 0. The third-order valence-electron chi connectivity index (χ3n) is 4.37. The molecule has 7 heteroatoms. The minimum atomic E-state index is -0.810. The molecule has 3 rings (SSSR count). The molecule has 0 aromatic heterocycles. The highest BCUT2D eigenvalue weighted by Crippen LogP contribution is 2.36. The molecule has 0 aliphatic heterocycles. The topological polar surface area (TPSA) is 73.4 Å². The van der Waals surface area contributed by atoms with E-state index in [1.54, 1.807) is 12.1 Å². The van der Waals surface area contributed by atoms with Gasteiger partial charge in [0.25, 0.3) is 5.70 Å². The van der Waals surface area contributed by atoms with Crippen LogP contribution in [-0.2, 0) is 4.79 Å². The second kappa shape index (κ2) is 8.03. The van der Waals surface area contributed by atoms with Gasteiger partial charge in [-0.25, -0.2) is 23.7 Å². The molecule has 2 aromatic carbocycles. The van der Waals surface area contributed by atoms with Gasteiger partial charge in [-0.2, -0.15) is 5.26 Å². The molecule has 0 N–H and O–H groups in total. The van der Waals surface area contributed by atoms with Crippen molar-refractivity contribution in [2.75, 3.05) is 0 Å². The van der Waals surface area contributed by atoms with Gasteiger partial charge in [0.15, 0.2) is 5.78 Å². The summed E-state index contributed by atoms with van der Waals surface area (Å²) >= 11 is 0. The molecule has 0 atom stereocenters. The molecule has 0 saturated heterocycles. The maximum absolute atomic E-state index is 14.1. The lowest BCUT2D eigenvalue weighted by molar-refractivity contribution is -0.109. The summed E-state index contributed by atoms with van der Waals surface area (Å²) in [5, 5.41) is 18.2. The van der Waals surface area contributed by atoms with Crippen molar-refractivity contribution in [2.24, 2.45) is 0 Å². The third-order valence-corrected chi connectivity index (χ3v) is 4.37. The number of halogens is 2. The van der Waals surface area contributed by atoms with Crippen molar-refractivity contribution in [3.63, 3.8) is 0 Å². The summed E-state index contributed by atoms with van der Waals surface area (Å²) in [6.45, 7) is 14.2. The van der Waals surface area contributed by atoms with Crippen LogP contribution in [0.25, 0.3) is 20.8 Å². The number of ketones is 1. The Kier molecular flexibility index (Phi) is 5.33. The van der Waals surface area contributed by atoms with Crippen LogP contribution in [0.3, 0.4) is 0 Å². The highest BCUT2D eigenvalue weighted by atomic mass is 19.1. The van der Waals surface area contributed by atoms with Gasteiger partial charge in [-0.05, 0) is 41.0 Å². The van der Waals surface area contributed by atoms with Gasteiger partial charge >= 0.3 is 0 Å². The maximum atomic E-state index is 14.1. The molecule has 0 unspecified atom stereocenters. The number of hydrogen-bond donors (Lipinski definition) is 0. The summed E-state index contributed by atoms with van der Waals surface area (Å²) in [5.41, 5.74) is -0.129. The summed E-state index contributed by atoms with van der Waals surface area (Å²) in [6, 6.07) is 10.8. The Labute approximate surface area is 170 Å². The standard InChI is InChI=1S/C23H8F2N4O/c1-28-21-6-5-14(8-20(21)25)17-9-18(22(12-27)29-2)16(10-23(17)30)13-3-4-15(11-26)19(24)7-13/h3-10H/b22-18+. The molecule has 30 heavy (non-hydrogen) atoms. The fraction of sp³-hybridized carbons (Fsp3) is 0. The van der Waals surface area contributed by atoms with E-state index >= 15 is 0 Å². The zero-order valence-electron chi connectivity index (χ0n) is 15.1. The van der Waals surface area contributed by atoms with Gasteiger partial charge in [0.05, 0.1) is 24.8 Å². The van der Waals surface area contributed by atoms with Crippen LogP contribution in [0, 0.1) is 47.4 Å². The molecule has 140 valence electrons. The number of carbonyl (C=O) groups is 1. The minimum Gasteiger partial charge on any atom is -0.289 e. The molecule has 0 bridgehead atoms. The van der Waals surface area contributed by atoms with Crippen molar-refractivity contribution >= 4 is 22.6 Å². The van der Waals surface area contributed by atoms with Crippen LogP contribution in [-0.4, -0.2) is 5.78 Å². The van der Waals surface area contributed by atoms with Crippen molar-refractivity contribution in [1.29, 1.82) is 10.5 Å². The molecule has 0 heterocycles. The van der Waals surface area contributed by atoms with Crippen molar-refractivity contribution in [3.8, 4) is 12.1 Å².